The van der Waals surface area contributed by atoms with Crippen LogP contribution >= 0.6 is 0 Å². The van der Waals surface area contributed by atoms with Gasteiger partial charge in [-0.3, -0.25) is 0 Å². The van der Waals surface area contributed by atoms with E-state index >= 15 is 0 Å². The molecular formula is C15H25N3O2. The Hall–Kier alpha value is -1.59. The van der Waals surface area contributed by atoms with Crippen molar-refractivity contribution in [1.29, 1.82) is 0 Å². The number of urea groups is 1. The summed E-state index contributed by atoms with van der Waals surface area (Å²) in [5, 5.41) is 5.94. The lowest BCUT2D eigenvalue weighted by atomic mass is 10.1. The van der Waals surface area contributed by atoms with Crippen molar-refractivity contribution in [2.24, 2.45) is 5.73 Å². The molecule has 1 unspecified atom stereocenters. The molecular weight excluding hydrogens is 254 g/mol. The second kappa shape index (κ2) is 9.34. The van der Waals surface area contributed by atoms with Crippen LogP contribution in [0.3, 0.4) is 0 Å². The van der Waals surface area contributed by atoms with Crippen LogP contribution in [0.25, 0.3) is 0 Å². The van der Waals surface area contributed by atoms with E-state index in [1.165, 1.54) is 0 Å². The van der Waals surface area contributed by atoms with Crippen LogP contribution in [-0.4, -0.2) is 25.8 Å². The van der Waals surface area contributed by atoms with Gasteiger partial charge >= 0.3 is 6.03 Å². The lowest BCUT2D eigenvalue weighted by Crippen LogP contribution is -2.23. The van der Waals surface area contributed by atoms with Crippen molar-refractivity contribution in [3.63, 3.8) is 0 Å². The second-order valence-electron chi connectivity index (χ2n) is 4.75. The standard InChI is InChI=1S/C15H25N3O2/c1-3-4-10-20-11-9-17-12(2)13-5-7-14(8-6-13)18-15(16)19/h5-8,12,17H,3-4,9-11H2,1-2H3,(H3,16,18,19). The van der Waals surface area contributed by atoms with Crippen molar-refractivity contribution >= 4 is 11.7 Å². The second-order valence-corrected chi connectivity index (χ2v) is 4.75. The number of carbonyl (C=O) groups excluding carboxylic acids is 1. The maximum absolute atomic E-state index is 10.7. The largest absolute Gasteiger partial charge is 0.380 e. The quantitative estimate of drug-likeness (QED) is 0.608. The molecule has 0 aliphatic heterocycles. The van der Waals surface area contributed by atoms with E-state index in [-0.39, 0.29) is 6.04 Å². The molecule has 4 N–H and O–H groups in total. The minimum Gasteiger partial charge on any atom is -0.380 e. The maximum atomic E-state index is 10.7. The number of amides is 2. The fraction of sp³-hybridized carbons (Fsp3) is 0.533. The van der Waals surface area contributed by atoms with Gasteiger partial charge in [0, 0.05) is 24.9 Å². The average molecular weight is 279 g/mol. The first-order chi connectivity index (χ1) is 9.63. The molecule has 5 heteroatoms. The number of hydrogen-bond donors (Lipinski definition) is 3. The lowest BCUT2D eigenvalue weighted by Gasteiger charge is -2.15. The van der Waals surface area contributed by atoms with E-state index in [0.717, 1.165) is 38.2 Å². The van der Waals surface area contributed by atoms with E-state index in [1.807, 2.05) is 24.3 Å². The highest BCUT2D eigenvalue weighted by Gasteiger charge is 2.04. The summed E-state index contributed by atoms with van der Waals surface area (Å²) >= 11 is 0. The Kier molecular flexibility index (Phi) is 7.69. The van der Waals surface area contributed by atoms with E-state index in [2.05, 4.69) is 24.5 Å². The van der Waals surface area contributed by atoms with Gasteiger partial charge in [-0.2, -0.15) is 0 Å². The van der Waals surface area contributed by atoms with Crippen LogP contribution in [0, 0.1) is 0 Å². The van der Waals surface area contributed by atoms with Crippen LogP contribution < -0.4 is 16.4 Å². The number of unbranched alkanes of at least 4 members (excludes halogenated alkanes) is 1. The van der Waals surface area contributed by atoms with Gasteiger partial charge < -0.3 is 21.1 Å². The first kappa shape index (κ1) is 16.5. The smallest absolute Gasteiger partial charge is 0.316 e. The summed E-state index contributed by atoms with van der Waals surface area (Å²) in [6.07, 6.45) is 2.28. The first-order valence-corrected chi connectivity index (χ1v) is 7.11. The van der Waals surface area contributed by atoms with Gasteiger partial charge in [0.1, 0.15) is 0 Å². The fourth-order valence-corrected chi connectivity index (χ4v) is 1.81. The summed E-state index contributed by atoms with van der Waals surface area (Å²) in [5.41, 5.74) is 6.93. The molecule has 0 saturated carbocycles. The summed E-state index contributed by atoms with van der Waals surface area (Å²) in [5.74, 6) is 0. The zero-order valence-electron chi connectivity index (χ0n) is 12.3. The first-order valence-electron chi connectivity index (χ1n) is 7.11. The monoisotopic (exact) mass is 279 g/mol. The molecule has 0 heterocycles. The number of benzene rings is 1. The number of nitrogens with two attached hydrogens (primary N) is 1. The van der Waals surface area contributed by atoms with Gasteiger partial charge in [-0.1, -0.05) is 25.5 Å². The van der Waals surface area contributed by atoms with Gasteiger partial charge in [-0.05, 0) is 31.0 Å². The topological polar surface area (TPSA) is 76.4 Å². The highest BCUT2D eigenvalue weighted by Crippen LogP contribution is 2.15. The zero-order valence-corrected chi connectivity index (χ0v) is 12.3. The van der Waals surface area contributed by atoms with E-state index in [1.54, 1.807) is 0 Å². The number of carbonyl (C=O) groups is 1. The summed E-state index contributed by atoms with van der Waals surface area (Å²) in [7, 11) is 0. The zero-order chi connectivity index (χ0) is 14.8. The van der Waals surface area contributed by atoms with E-state index < -0.39 is 6.03 Å². The molecule has 0 bridgehead atoms. The summed E-state index contributed by atoms with van der Waals surface area (Å²) in [6.45, 7) is 6.64. The van der Waals surface area contributed by atoms with Crippen LogP contribution in [0.2, 0.25) is 0 Å². The van der Waals surface area contributed by atoms with E-state index in [0.29, 0.717) is 5.69 Å². The molecule has 112 valence electrons. The molecule has 0 aromatic heterocycles. The number of primary amides is 1. The highest BCUT2D eigenvalue weighted by atomic mass is 16.5. The van der Waals surface area contributed by atoms with Crippen molar-refractivity contribution in [2.75, 3.05) is 25.1 Å². The SMILES string of the molecule is CCCCOCCNC(C)c1ccc(NC(N)=O)cc1. The molecule has 5 nitrogen and oxygen atoms in total. The predicted octanol–water partition coefficient (Wildman–Crippen LogP) is 2.64. The summed E-state index contributed by atoms with van der Waals surface area (Å²) in [4.78, 5) is 10.7. The molecule has 1 rings (SSSR count). The van der Waals surface area contributed by atoms with Gasteiger partial charge in [-0.25, -0.2) is 4.79 Å². The van der Waals surface area contributed by atoms with Crippen LogP contribution in [0.1, 0.15) is 38.3 Å². The minimum absolute atomic E-state index is 0.243. The molecule has 2 amide bonds. The molecule has 1 aromatic carbocycles. The molecule has 1 atom stereocenters. The molecule has 0 aliphatic rings. The third-order valence-corrected chi connectivity index (χ3v) is 3.02. The Morgan fingerprint density at radius 1 is 1.30 bits per heavy atom. The molecule has 0 fully saturated rings. The van der Waals surface area contributed by atoms with Crippen LogP contribution in [0.15, 0.2) is 24.3 Å². The predicted molar refractivity (Wildman–Crippen MR) is 81.8 cm³/mol. The molecule has 20 heavy (non-hydrogen) atoms. The third kappa shape index (κ3) is 6.54. The fourth-order valence-electron chi connectivity index (χ4n) is 1.81. The van der Waals surface area contributed by atoms with Crippen LogP contribution in [0.4, 0.5) is 10.5 Å². The van der Waals surface area contributed by atoms with Crippen molar-refractivity contribution in [2.45, 2.75) is 32.7 Å². The minimum atomic E-state index is -0.548. The summed E-state index contributed by atoms with van der Waals surface area (Å²) in [6, 6.07) is 7.33. The van der Waals surface area contributed by atoms with Crippen molar-refractivity contribution in [3.8, 4) is 0 Å². The number of ether oxygens (including phenoxy) is 1. The lowest BCUT2D eigenvalue weighted by molar-refractivity contribution is 0.131. The van der Waals surface area contributed by atoms with Crippen LogP contribution in [-0.2, 0) is 4.74 Å². The average Bonchev–Trinajstić information content (AvgIpc) is 2.42. The Morgan fingerprint density at radius 2 is 2.00 bits per heavy atom. The molecule has 0 aliphatic carbocycles. The molecule has 0 saturated heterocycles. The molecule has 1 aromatic rings. The molecule has 0 spiro atoms. The summed E-state index contributed by atoms with van der Waals surface area (Å²) < 4.78 is 5.50. The van der Waals surface area contributed by atoms with Crippen molar-refractivity contribution in [1.82, 2.24) is 5.32 Å². The number of hydrogen-bond acceptors (Lipinski definition) is 3. The molecule has 0 radical (unpaired) electrons. The number of nitrogens with one attached hydrogen (secondary N) is 2. The third-order valence-electron chi connectivity index (χ3n) is 3.02. The highest BCUT2D eigenvalue weighted by molar-refractivity contribution is 5.87. The Balaban J connectivity index is 2.28. The van der Waals surface area contributed by atoms with Crippen LogP contribution in [0.5, 0.6) is 0 Å². The normalized spacial score (nSPS) is 12.1. The maximum Gasteiger partial charge on any atom is 0.316 e. The number of rotatable bonds is 9. The Morgan fingerprint density at radius 3 is 2.60 bits per heavy atom. The van der Waals surface area contributed by atoms with Gasteiger partial charge in [0.25, 0.3) is 0 Å². The van der Waals surface area contributed by atoms with E-state index in [4.69, 9.17) is 10.5 Å². The van der Waals surface area contributed by atoms with Gasteiger partial charge in [0.2, 0.25) is 0 Å². The Labute approximate surface area is 120 Å². The van der Waals surface area contributed by atoms with Crippen molar-refractivity contribution < 1.29 is 9.53 Å². The van der Waals surface area contributed by atoms with Gasteiger partial charge in [0.05, 0.1) is 6.61 Å². The van der Waals surface area contributed by atoms with Crippen molar-refractivity contribution in [3.05, 3.63) is 29.8 Å². The Bertz CT molecular complexity index is 393. The number of anilines is 1. The van der Waals surface area contributed by atoms with Gasteiger partial charge in [0.15, 0.2) is 0 Å². The van der Waals surface area contributed by atoms with Gasteiger partial charge in [-0.15, -0.1) is 0 Å². The van der Waals surface area contributed by atoms with E-state index in [9.17, 15) is 4.79 Å².